The van der Waals surface area contributed by atoms with Crippen LogP contribution in [0.2, 0.25) is 0 Å². The molecule has 1 saturated carbocycles. The summed E-state index contributed by atoms with van der Waals surface area (Å²) in [5.41, 5.74) is 7.41. The molecular formula is C24H21F2N5O4. The van der Waals surface area contributed by atoms with Crippen LogP contribution in [-0.4, -0.2) is 23.2 Å². The van der Waals surface area contributed by atoms with Crippen LogP contribution in [-0.2, 0) is 10.2 Å². The molecule has 1 aromatic heterocycles. The second-order valence-corrected chi connectivity index (χ2v) is 8.49. The van der Waals surface area contributed by atoms with Crippen molar-refractivity contribution in [3.05, 3.63) is 65.7 Å². The molecule has 1 aliphatic heterocycles. The number of carbonyl (C=O) groups is 2. The second-order valence-electron chi connectivity index (χ2n) is 8.49. The summed E-state index contributed by atoms with van der Waals surface area (Å²) in [6.07, 6.45) is -2.62. The van der Waals surface area contributed by atoms with Gasteiger partial charge in [0.25, 0.3) is 0 Å². The van der Waals surface area contributed by atoms with Crippen LogP contribution >= 0.6 is 0 Å². The van der Waals surface area contributed by atoms with Crippen molar-refractivity contribution in [2.45, 2.75) is 31.5 Å². The van der Waals surface area contributed by atoms with Crippen molar-refractivity contribution in [1.82, 2.24) is 4.98 Å². The Morgan fingerprint density at radius 3 is 2.51 bits per heavy atom. The second kappa shape index (κ2) is 7.91. The molecule has 5 rings (SSSR count). The largest absolute Gasteiger partial charge is 0.586 e. The van der Waals surface area contributed by atoms with Gasteiger partial charge in [0.1, 0.15) is 5.82 Å². The molecule has 3 aromatic rings. The van der Waals surface area contributed by atoms with E-state index in [1.165, 1.54) is 12.1 Å². The molecule has 0 bridgehead atoms. The minimum Gasteiger partial charge on any atom is -0.395 e. The number of hydrogen-bond acceptors (Lipinski definition) is 6. The Balaban J connectivity index is 1.39. The smallest absolute Gasteiger partial charge is 0.395 e. The van der Waals surface area contributed by atoms with Crippen LogP contribution in [0, 0.1) is 6.92 Å². The molecule has 180 valence electrons. The molecule has 3 amide bonds. The molecule has 0 unspecified atom stereocenters. The van der Waals surface area contributed by atoms with Gasteiger partial charge in [-0.25, -0.2) is 20.6 Å². The monoisotopic (exact) mass is 481 g/mol. The van der Waals surface area contributed by atoms with E-state index in [1.54, 1.807) is 42.5 Å². The molecule has 0 atom stereocenters. The van der Waals surface area contributed by atoms with Crippen molar-refractivity contribution in [3.63, 3.8) is 0 Å². The number of hydrogen-bond donors (Lipinski definition) is 3. The number of fused-ring (bicyclic) bond motifs is 1. The Morgan fingerprint density at radius 1 is 1.06 bits per heavy atom. The standard InChI is InChI=1S/C24H21F2N5O4/c1-13-5-8-19(29-20(13)14-3-2-4-16(11-14)31(28)22(27)33)30-21(32)23(9-10-23)15-6-7-17-18(12-15)35-24(25,26)34-17/h2-8,11-12H,9-10,28H2,1H3,(H2,27,33)(H,29,30,32). The average molecular weight is 481 g/mol. The Morgan fingerprint density at radius 2 is 1.80 bits per heavy atom. The van der Waals surface area contributed by atoms with Gasteiger partial charge >= 0.3 is 12.3 Å². The molecule has 1 fully saturated rings. The maximum absolute atomic E-state index is 13.4. The Labute approximate surface area is 198 Å². The molecule has 5 N–H and O–H groups in total. The number of benzene rings is 2. The van der Waals surface area contributed by atoms with E-state index in [1.807, 2.05) is 6.92 Å². The fourth-order valence-corrected chi connectivity index (χ4v) is 4.08. The van der Waals surface area contributed by atoms with Gasteiger partial charge in [-0.05, 0) is 61.2 Å². The lowest BCUT2D eigenvalue weighted by Gasteiger charge is -2.17. The highest BCUT2D eigenvalue weighted by Gasteiger charge is 2.53. The fraction of sp³-hybridized carbons (Fsp3) is 0.208. The van der Waals surface area contributed by atoms with Crippen molar-refractivity contribution in [1.29, 1.82) is 0 Å². The zero-order valence-electron chi connectivity index (χ0n) is 18.5. The minimum absolute atomic E-state index is 0.0746. The van der Waals surface area contributed by atoms with Gasteiger partial charge in [-0.2, -0.15) is 0 Å². The van der Waals surface area contributed by atoms with E-state index in [0.717, 1.165) is 10.6 Å². The van der Waals surface area contributed by atoms with E-state index >= 15 is 0 Å². The Hall–Kier alpha value is -4.25. The number of rotatable bonds is 5. The van der Waals surface area contributed by atoms with Crippen molar-refractivity contribution < 1.29 is 27.8 Å². The maximum Gasteiger partial charge on any atom is 0.586 e. The maximum atomic E-state index is 13.4. The van der Waals surface area contributed by atoms with Crippen molar-refractivity contribution in [2.75, 3.05) is 10.3 Å². The highest BCUT2D eigenvalue weighted by atomic mass is 19.3. The number of amides is 3. The first-order valence-corrected chi connectivity index (χ1v) is 10.7. The summed E-state index contributed by atoms with van der Waals surface area (Å²) in [5, 5.41) is 3.66. The summed E-state index contributed by atoms with van der Waals surface area (Å²) < 4.78 is 35.7. The topological polar surface area (TPSA) is 133 Å². The van der Waals surface area contributed by atoms with Crippen LogP contribution in [0.15, 0.2) is 54.6 Å². The highest BCUT2D eigenvalue weighted by molar-refractivity contribution is 6.01. The predicted molar refractivity (Wildman–Crippen MR) is 123 cm³/mol. The van der Waals surface area contributed by atoms with Gasteiger partial charge in [0.15, 0.2) is 11.5 Å². The number of pyridine rings is 1. The number of ether oxygens (including phenoxy) is 2. The molecular weight excluding hydrogens is 460 g/mol. The number of hydrazine groups is 1. The molecule has 11 heteroatoms. The summed E-state index contributed by atoms with van der Waals surface area (Å²) >= 11 is 0. The lowest BCUT2D eigenvalue weighted by atomic mass is 9.94. The third kappa shape index (κ3) is 4.10. The Bertz CT molecular complexity index is 1360. The first-order valence-electron chi connectivity index (χ1n) is 10.7. The zero-order valence-corrected chi connectivity index (χ0v) is 18.5. The number of aryl methyl sites for hydroxylation is 1. The van der Waals surface area contributed by atoms with Crippen LogP contribution in [0.4, 0.5) is 25.1 Å². The van der Waals surface area contributed by atoms with E-state index in [4.69, 9.17) is 11.6 Å². The molecule has 0 radical (unpaired) electrons. The first kappa shape index (κ1) is 22.5. The van der Waals surface area contributed by atoms with Gasteiger partial charge in [-0.3, -0.25) is 4.79 Å². The molecule has 1 aliphatic carbocycles. The van der Waals surface area contributed by atoms with Gasteiger partial charge in [0.2, 0.25) is 5.91 Å². The third-order valence-electron chi connectivity index (χ3n) is 6.11. The number of nitrogens with one attached hydrogen (secondary N) is 1. The molecule has 9 nitrogen and oxygen atoms in total. The summed E-state index contributed by atoms with van der Waals surface area (Å²) in [6.45, 7) is 1.86. The van der Waals surface area contributed by atoms with E-state index in [9.17, 15) is 18.4 Å². The number of halogens is 2. The van der Waals surface area contributed by atoms with Crippen LogP contribution in [0.5, 0.6) is 11.5 Å². The normalized spacial score (nSPS) is 16.5. The highest BCUT2D eigenvalue weighted by Crippen LogP contribution is 2.52. The summed E-state index contributed by atoms with van der Waals surface area (Å²) in [4.78, 5) is 29.2. The molecule has 35 heavy (non-hydrogen) atoms. The van der Waals surface area contributed by atoms with E-state index in [0.29, 0.717) is 41.2 Å². The van der Waals surface area contributed by atoms with Crippen molar-refractivity contribution in [3.8, 4) is 22.8 Å². The number of nitrogens with two attached hydrogens (primary N) is 2. The molecule has 2 aliphatic rings. The number of urea groups is 1. The summed E-state index contributed by atoms with van der Waals surface area (Å²) in [7, 11) is 0. The number of primary amides is 1. The first-order chi connectivity index (χ1) is 16.6. The molecule has 0 saturated heterocycles. The summed E-state index contributed by atoms with van der Waals surface area (Å²) in [5.74, 6) is 5.54. The van der Waals surface area contributed by atoms with Crippen LogP contribution in [0.3, 0.4) is 0 Å². The van der Waals surface area contributed by atoms with E-state index < -0.39 is 17.7 Å². The van der Waals surface area contributed by atoms with Gasteiger partial charge in [-0.15, -0.1) is 8.78 Å². The van der Waals surface area contributed by atoms with Crippen LogP contribution in [0.1, 0.15) is 24.0 Å². The van der Waals surface area contributed by atoms with Gasteiger partial charge < -0.3 is 20.5 Å². The fourth-order valence-electron chi connectivity index (χ4n) is 4.08. The lowest BCUT2D eigenvalue weighted by Crippen LogP contribution is -2.41. The Kier molecular flexibility index (Phi) is 5.09. The number of carbonyl (C=O) groups excluding carboxylic acids is 2. The van der Waals surface area contributed by atoms with E-state index in [2.05, 4.69) is 19.8 Å². The van der Waals surface area contributed by atoms with E-state index in [-0.39, 0.29) is 17.4 Å². The van der Waals surface area contributed by atoms with Crippen LogP contribution in [0.25, 0.3) is 11.3 Å². The molecule has 2 heterocycles. The average Bonchev–Trinajstić information content (AvgIpc) is 3.57. The summed E-state index contributed by atoms with van der Waals surface area (Å²) in [6, 6.07) is 13.9. The van der Waals surface area contributed by atoms with Gasteiger partial charge in [-0.1, -0.05) is 24.3 Å². The third-order valence-corrected chi connectivity index (χ3v) is 6.11. The van der Waals surface area contributed by atoms with Crippen molar-refractivity contribution in [2.24, 2.45) is 11.6 Å². The number of anilines is 2. The van der Waals surface area contributed by atoms with Crippen molar-refractivity contribution >= 4 is 23.4 Å². The lowest BCUT2D eigenvalue weighted by molar-refractivity contribution is -0.286. The number of nitrogens with zero attached hydrogens (tertiary/aromatic N) is 2. The SMILES string of the molecule is Cc1ccc(NC(=O)C2(c3ccc4c(c3)OC(F)(F)O4)CC2)nc1-c1cccc(N(N)C(N)=O)c1. The minimum atomic E-state index is -3.72. The zero-order chi connectivity index (χ0) is 25.0. The van der Waals surface area contributed by atoms with Crippen LogP contribution < -0.4 is 31.4 Å². The number of aromatic nitrogens is 1. The number of alkyl halides is 2. The molecule has 0 spiro atoms. The van der Waals surface area contributed by atoms with Gasteiger partial charge in [0.05, 0.1) is 16.8 Å². The van der Waals surface area contributed by atoms with Gasteiger partial charge in [0, 0.05) is 5.56 Å². The molecule has 2 aromatic carbocycles. The predicted octanol–water partition coefficient (Wildman–Crippen LogP) is 3.81. The quantitative estimate of drug-likeness (QED) is 0.288.